The fourth-order valence-electron chi connectivity index (χ4n) is 2.70. The molecule has 1 aromatic heterocycles. The fraction of sp³-hybridized carbons (Fsp3) is 0.429. The number of nitrogens with one attached hydrogen (secondary N) is 1. The molecule has 0 unspecified atom stereocenters. The lowest BCUT2D eigenvalue weighted by Gasteiger charge is -2.27. The van der Waals surface area contributed by atoms with E-state index in [1.54, 1.807) is 0 Å². The zero-order valence-corrected chi connectivity index (χ0v) is 11.1. The van der Waals surface area contributed by atoms with Crippen LogP contribution in [0, 0.1) is 5.92 Å². The van der Waals surface area contributed by atoms with Crippen LogP contribution in [0.3, 0.4) is 0 Å². The summed E-state index contributed by atoms with van der Waals surface area (Å²) in [5.41, 5.74) is 8.82. The number of aromatic amines is 1. The van der Waals surface area contributed by atoms with E-state index in [9.17, 15) is 0 Å². The Kier molecular flexibility index (Phi) is 4.27. The number of rotatable bonds is 2. The highest BCUT2D eigenvalue weighted by Crippen LogP contribution is 2.32. The molecule has 0 saturated carbocycles. The van der Waals surface area contributed by atoms with Crippen LogP contribution in [0.2, 0.25) is 0 Å². The maximum atomic E-state index is 6.40. The van der Waals surface area contributed by atoms with Gasteiger partial charge in [0.05, 0.1) is 0 Å². The Hall–Kier alpha value is -1.03. The average Bonchev–Trinajstić information content (AvgIpc) is 2.83. The molecule has 0 amide bonds. The number of nitrogens with two attached hydrogens (primary N) is 1. The molecule has 0 bridgehead atoms. The van der Waals surface area contributed by atoms with E-state index >= 15 is 0 Å². The maximum Gasteiger partial charge on any atom is 0.0469 e. The van der Waals surface area contributed by atoms with Gasteiger partial charge in [-0.3, -0.25) is 0 Å². The normalized spacial score (nSPS) is 18.5. The summed E-state index contributed by atoms with van der Waals surface area (Å²) in [6.07, 6.45) is 4.20. The molecule has 3 N–H and O–H groups in total. The number of halogens is 1. The Morgan fingerprint density at radius 3 is 2.72 bits per heavy atom. The summed E-state index contributed by atoms with van der Waals surface area (Å²) in [5, 5.41) is 1.26. The molecule has 3 nitrogen and oxygen atoms in total. The van der Waals surface area contributed by atoms with Crippen molar-refractivity contribution >= 4 is 23.3 Å². The summed E-state index contributed by atoms with van der Waals surface area (Å²) in [5.74, 6) is 0.544. The van der Waals surface area contributed by atoms with Crippen LogP contribution in [-0.2, 0) is 4.74 Å². The van der Waals surface area contributed by atoms with Gasteiger partial charge in [-0.1, -0.05) is 18.2 Å². The minimum Gasteiger partial charge on any atom is -0.381 e. The molecule has 98 valence electrons. The van der Waals surface area contributed by atoms with E-state index in [0.717, 1.165) is 26.1 Å². The first kappa shape index (κ1) is 13.4. The Morgan fingerprint density at radius 1 is 1.22 bits per heavy atom. The molecule has 1 atom stereocenters. The Labute approximate surface area is 113 Å². The second-order valence-electron chi connectivity index (χ2n) is 4.77. The van der Waals surface area contributed by atoms with Crippen molar-refractivity contribution in [3.63, 3.8) is 0 Å². The van der Waals surface area contributed by atoms with Gasteiger partial charge in [0.15, 0.2) is 0 Å². The molecule has 1 aliphatic rings. The second kappa shape index (κ2) is 5.74. The monoisotopic (exact) mass is 266 g/mol. The van der Waals surface area contributed by atoms with Crippen molar-refractivity contribution < 1.29 is 4.74 Å². The van der Waals surface area contributed by atoms with Gasteiger partial charge in [0.2, 0.25) is 0 Å². The number of aromatic nitrogens is 1. The molecular formula is C14H19ClN2O. The standard InChI is InChI=1S/C14H18N2O.ClH/c15-14(10-5-7-17-8-6-10)12-9-16-13-4-2-1-3-11(12)13;/h1-4,9-10,14,16H,5-8,15H2;1H/t14-;/m1./s1. The van der Waals surface area contributed by atoms with Crippen molar-refractivity contribution in [1.82, 2.24) is 4.98 Å². The molecule has 2 aromatic rings. The highest BCUT2D eigenvalue weighted by atomic mass is 35.5. The highest BCUT2D eigenvalue weighted by molar-refractivity contribution is 5.85. The molecule has 1 aliphatic heterocycles. The van der Waals surface area contributed by atoms with Crippen LogP contribution in [0.1, 0.15) is 24.4 Å². The SMILES string of the molecule is Cl.N[C@@H](c1c[nH]c2ccccc12)C1CCOCC1. The summed E-state index contributed by atoms with van der Waals surface area (Å²) < 4.78 is 5.39. The number of ether oxygens (including phenoxy) is 1. The Balaban J connectivity index is 0.00000120. The van der Waals surface area contributed by atoms with Gasteiger partial charge in [-0.05, 0) is 30.4 Å². The van der Waals surface area contributed by atoms with E-state index in [2.05, 4.69) is 29.4 Å². The van der Waals surface area contributed by atoms with E-state index in [4.69, 9.17) is 10.5 Å². The maximum absolute atomic E-state index is 6.40. The molecule has 3 rings (SSSR count). The van der Waals surface area contributed by atoms with E-state index < -0.39 is 0 Å². The van der Waals surface area contributed by atoms with Gasteiger partial charge in [0.25, 0.3) is 0 Å². The zero-order chi connectivity index (χ0) is 11.7. The van der Waals surface area contributed by atoms with Crippen LogP contribution in [0.15, 0.2) is 30.5 Å². The van der Waals surface area contributed by atoms with Crippen molar-refractivity contribution in [1.29, 1.82) is 0 Å². The lowest BCUT2D eigenvalue weighted by Crippen LogP contribution is -2.27. The predicted octanol–water partition coefficient (Wildman–Crippen LogP) is 3.02. The van der Waals surface area contributed by atoms with Gasteiger partial charge in [-0.2, -0.15) is 0 Å². The summed E-state index contributed by atoms with van der Waals surface area (Å²) in [6.45, 7) is 1.70. The van der Waals surface area contributed by atoms with Crippen LogP contribution in [-0.4, -0.2) is 18.2 Å². The number of hydrogen-bond acceptors (Lipinski definition) is 2. The molecule has 18 heavy (non-hydrogen) atoms. The molecule has 1 aromatic carbocycles. The van der Waals surface area contributed by atoms with Crippen LogP contribution >= 0.6 is 12.4 Å². The van der Waals surface area contributed by atoms with E-state index in [0.29, 0.717) is 5.92 Å². The first-order valence-corrected chi connectivity index (χ1v) is 6.25. The zero-order valence-electron chi connectivity index (χ0n) is 10.3. The van der Waals surface area contributed by atoms with Crippen molar-refractivity contribution in [3.05, 3.63) is 36.0 Å². The van der Waals surface area contributed by atoms with Crippen molar-refractivity contribution in [2.75, 3.05) is 13.2 Å². The van der Waals surface area contributed by atoms with Gasteiger partial charge in [-0.25, -0.2) is 0 Å². The summed E-state index contributed by atoms with van der Waals surface area (Å²) in [7, 11) is 0. The van der Waals surface area contributed by atoms with Crippen molar-refractivity contribution in [3.8, 4) is 0 Å². The third-order valence-electron chi connectivity index (χ3n) is 3.75. The fourth-order valence-corrected chi connectivity index (χ4v) is 2.70. The van der Waals surface area contributed by atoms with Gasteiger partial charge in [0.1, 0.15) is 0 Å². The first-order chi connectivity index (χ1) is 8.36. The van der Waals surface area contributed by atoms with E-state index in [1.165, 1.54) is 16.5 Å². The Morgan fingerprint density at radius 2 is 1.94 bits per heavy atom. The molecule has 0 radical (unpaired) electrons. The second-order valence-corrected chi connectivity index (χ2v) is 4.77. The van der Waals surface area contributed by atoms with E-state index in [1.807, 2.05) is 6.07 Å². The average molecular weight is 267 g/mol. The quantitative estimate of drug-likeness (QED) is 0.878. The van der Waals surface area contributed by atoms with Crippen LogP contribution in [0.4, 0.5) is 0 Å². The molecule has 1 fully saturated rings. The van der Waals surface area contributed by atoms with Crippen LogP contribution < -0.4 is 5.73 Å². The van der Waals surface area contributed by atoms with Crippen molar-refractivity contribution in [2.24, 2.45) is 11.7 Å². The smallest absolute Gasteiger partial charge is 0.0469 e. The summed E-state index contributed by atoms with van der Waals surface area (Å²) in [4.78, 5) is 3.30. The number of para-hydroxylation sites is 1. The first-order valence-electron chi connectivity index (χ1n) is 6.25. The third-order valence-corrected chi connectivity index (χ3v) is 3.75. The topological polar surface area (TPSA) is 51.0 Å². The van der Waals surface area contributed by atoms with Crippen LogP contribution in [0.5, 0.6) is 0 Å². The Bertz CT molecular complexity index is 505. The van der Waals surface area contributed by atoms with Gasteiger partial charge >= 0.3 is 0 Å². The molecule has 0 spiro atoms. The number of hydrogen-bond donors (Lipinski definition) is 2. The molecule has 0 aliphatic carbocycles. The molecule has 4 heteroatoms. The number of benzene rings is 1. The minimum atomic E-state index is 0. The largest absolute Gasteiger partial charge is 0.381 e. The van der Waals surface area contributed by atoms with Crippen LogP contribution in [0.25, 0.3) is 10.9 Å². The molecule has 2 heterocycles. The van der Waals surface area contributed by atoms with Gasteiger partial charge in [-0.15, -0.1) is 12.4 Å². The predicted molar refractivity (Wildman–Crippen MR) is 76.0 cm³/mol. The highest BCUT2D eigenvalue weighted by Gasteiger charge is 2.23. The summed E-state index contributed by atoms with van der Waals surface area (Å²) in [6, 6.07) is 8.46. The molecule has 1 saturated heterocycles. The molecular weight excluding hydrogens is 248 g/mol. The van der Waals surface area contributed by atoms with E-state index in [-0.39, 0.29) is 18.4 Å². The lowest BCUT2D eigenvalue weighted by atomic mass is 9.88. The summed E-state index contributed by atoms with van der Waals surface area (Å²) >= 11 is 0. The third kappa shape index (κ3) is 2.39. The lowest BCUT2D eigenvalue weighted by molar-refractivity contribution is 0.0585. The van der Waals surface area contributed by atoms with Gasteiger partial charge in [0, 0.05) is 36.4 Å². The minimum absolute atomic E-state index is 0. The van der Waals surface area contributed by atoms with Gasteiger partial charge < -0.3 is 15.5 Å². The van der Waals surface area contributed by atoms with Crippen molar-refractivity contribution in [2.45, 2.75) is 18.9 Å². The number of fused-ring (bicyclic) bond motifs is 1. The number of H-pyrrole nitrogens is 1.